The second-order valence-electron chi connectivity index (χ2n) is 4.99. The molecule has 2 nitrogen and oxygen atoms in total. The molecule has 4 heteroatoms. The Morgan fingerprint density at radius 2 is 1.90 bits per heavy atom. The standard InChI is InChI=1S/C16H15FN2S/c1-11-10-12-4-2-3-5-15(12)19(11)16(20)18-14-8-6-13(17)7-9-14/h2-9,11H,10H2,1H3,(H,18,20)/t11-/m1/s1. The van der Waals surface area contributed by atoms with Gasteiger partial charge in [-0.25, -0.2) is 4.39 Å². The molecule has 20 heavy (non-hydrogen) atoms. The van der Waals surface area contributed by atoms with Crippen LogP contribution in [0.15, 0.2) is 48.5 Å². The molecule has 2 aromatic carbocycles. The van der Waals surface area contributed by atoms with Gasteiger partial charge in [0, 0.05) is 17.4 Å². The summed E-state index contributed by atoms with van der Waals surface area (Å²) in [5.41, 5.74) is 3.26. The van der Waals surface area contributed by atoms with Crippen LogP contribution in [0.3, 0.4) is 0 Å². The molecule has 0 spiro atoms. The zero-order valence-corrected chi connectivity index (χ0v) is 12.0. The molecule has 0 fully saturated rings. The fourth-order valence-electron chi connectivity index (χ4n) is 2.59. The van der Waals surface area contributed by atoms with Crippen molar-refractivity contribution in [2.24, 2.45) is 0 Å². The van der Waals surface area contributed by atoms with Crippen molar-refractivity contribution in [3.63, 3.8) is 0 Å². The van der Waals surface area contributed by atoms with Crippen molar-refractivity contribution < 1.29 is 4.39 Å². The van der Waals surface area contributed by atoms with Gasteiger partial charge in [0.15, 0.2) is 5.11 Å². The zero-order chi connectivity index (χ0) is 14.1. The van der Waals surface area contributed by atoms with Gasteiger partial charge in [0.05, 0.1) is 0 Å². The first-order valence-corrected chi connectivity index (χ1v) is 6.99. The predicted octanol–water partition coefficient (Wildman–Crippen LogP) is 3.97. The molecule has 1 aliphatic rings. The Morgan fingerprint density at radius 3 is 2.65 bits per heavy atom. The highest BCUT2D eigenvalue weighted by Crippen LogP contribution is 2.32. The highest BCUT2D eigenvalue weighted by atomic mass is 32.1. The molecule has 1 aliphatic heterocycles. The van der Waals surface area contributed by atoms with Crippen molar-refractivity contribution in [2.75, 3.05) is 10.2 Å². The number of fused-ring (bicyclic) bond motifs is 1. The van der Waals surface area contributed by atoms with E-state index in [4.69, 9.17) is 12.2 Å². The summed E-state index contributed by atoms with van der Waals surface area (Å²) < 4.78 is 12.9. The summed E-state index contributed by atoms with van der Waals surface area (Å²) in [6.07, 6.45) is 0.988. The third-order valence-electron chi connectivity index (χ3n) is 3.52. The fraction of sp³-hybridized carbons (Fsp3) is 0.188. The molecule has 1 heterocycles. The van der Waals surface area contributed by atoms with E-state index in [0.717, 1.165) is 17.8 Å². The molecule has 0 aromatic heterocycles. The molecule has 0 bridgehead atoms. The average Bonchev–Trinajstić information content (AvgIpc) is 2.77. The molecule has 1 N–H and O–H groups in total. The maximum absolute atomic E-state index is 12.9. The Labute approximate surface area is 123 Å². The molecule has 0 radical (unpaired) electrons. The number of thiocarbonyl (C=S) groups is 1. The van der Waals surface area contributed by atoms with Crippen molar-refractivity contribution in [3.8, 4) is 0 Å². The lowest BCUT2D eigenvalue weighted by molar-refractivity contribution is 0.628. The van der Waals surface area contributed by atoms with Crippen LogP contribution in [0.4, 0.5) is 15.8 Å². The number of anilines is 2. The molecule has 0 saturated heterocycles. The van der Waals surface area contributed by atoms with Gasteiger partial charge in [-0.15, -0.1) is 0 Å². The molecule has 0 unspecified atom stereocenters. The summed E-state index contributed by atoms with van der Waals surface area (Å²) in [6.45, 7) is 2.15. The molecule has 0 aliphatic carbocycles. The Bertz CT molecular complexity index is 639. The molecule has 102 valence electrons. The van der Waals surface area contributed by atoms with E-state index in [1.807, 2.05) is 12.1 Å². The van der Waals surface area contributed by atoms with E-state index in [9.17, 15) is 4.39 Å². The number of rotatable bonds is 1. The Morgan fingerprint density at radius 1 is 1.20 bits per heavy atom. The highest BCUT2D eigenvalue weighted by Gasteiger charge is 2.28. The summed E-state index contributed by atoms with van der Waals surface area (Å²) in [6, 6.07) is 14.8. The van der Waals surface area contributed by atoms with Gasteiger partial charge in [0.1, 0.15) is 5.82 Å². The largest absolute Gasteiger partial charge is 0.332 e. The zero-order valence-electron chi connectivity index (χ0n) is 11.1. The Kier molecular flexibility index (Phi) is 3.40. The lowest BCUT2D eigenvalue weighted by atomic mass is 10.1. The van der Waals surface area contributed by atoms with Gasteiger partial charge in [-0.2, -0.15) is 0 Å². The van der Waals surface area contributed by atoms with Crippen LogP contribution in [0.1, 0.15) is 12.5 Å². The van der Waals surface area contributed by atoms with Crippen LogP contribution in [0.2, 0.25) is 0 Å². The maximum Gasteiger partial charge on any atom is 0.178 e. The van der Waals surface area contributed by atoms with Gasteiger partial charge in [0.25, 0.3) is 0 Å². The first-order valence-electron chi connectivity index (χ1n) is 6.59. The van der Waals surface area contributed by atoms with Gasteiger partial charge in [0.2, 0.25) is 0 Å². The van der Waals surface area contributed by atoms with E-state index in [2.05, 4.69) is 29.3 Å². The number of benzene rings is 2. The minimum Gasteiger partial charge on any atom is -0.332 e. The number of nitrogens with zero attached hydrogens (tertiary/aromatic N) is 1. The van der Waals surface area contributed by atoms with Crippen LogP contribution < -0.4 is 10.2 Å². The highest BCUT2D eigenvalue weighted by molar-refractivity contribution is 7.80. The van der Waals surface area contributed by atoms with Gasteiger partial charge in [-0.3, -0.25) is 0 Å². The van der Waals surface area contributed by atoms with Crippen LogP contribution in [-0.4, -0.2) is 11.2 Å². The third-order valence-corrected chi connectivity index (χ3v) is 3.82. The predicted molar refractivity (Wildman–Crippen MR) is 84.7 cm³/mol. The summed E-state index contributed by atoms with van der Waals surface area (Å²) in [4.78, 5) is 2.12. The van der Waals surface area contributed by atoms with Gasteiger partial charge in [-0.1, -0.05) is 18.2 Å². The summed E-state index contributed by atoms with van der Waals surface area (Å²) >= 11 is 5.50. The smallest absolute Gasteiger partial charge is 0.178 e. The van der Waals surface area contributed by atoms with E-state index < -0.39 is 0 Å². The van der Waals surface area contributed by atoms with E-state index in [0.29, 0.717) is 11.2 Å². The van der Waals surface area contributed by atoms with Crippen molar-refractivity contribution in [1.29, 1.82) is 0 Å². The van der Waals surface area contributed by atoms with E-state index in [1.54, 1.807) is 12.1 Å². The summed E-state index contributed by atoms with van der Waals surface area (Å²) in [5.74, 6) is -0.249. The minimum absolute atomic E-state index is 0.249. The number of halogens is 1. The maximum atomic E-state index is 12.9. The topological polar surface area (TPSA) is 15.3 Å². The van der Waals surface area contributed by atoms with Crippen LogP contribution in [0.25, 0.3) is 0 Å². The fourth-order valence-corrected chi connectivity index (χ4v) is 2.99. The number of hydrogen-bond acceptors (Lipinski definition) is 1. The van der Waals surface area contributed by atoms with Crippen molar-refractivity contribution in [1.82, 2.24) is 0 Å². The normalized spacial score (nSPS) is 16.9. The minimum atomic E-state index is -0.249. The Balaban J connectivity index is 1.82. The van der Waals surface area contributed by atoms with Gasteiger partial charge >= 0.3 is 0 Å². The quantitative estimate of drug-likeness (QED) is 0.798. The lowest BCUT2D eigenvalue weighted by Gasteiger charge is -2.26. The summed E-state index contributed by atoms with van der Waals surface area (Å²) in [7, 11) is 0. The third kappa shape index (κ3) is 2.39. The molecule has 0 amide bonds. The van der Waals surface area contributed by atoms with Crippen molar-refractivity contribution in [2.45, 2.75) is 19.4 Å². The number of hydrogen-bond donors (Lipinski definition) is 1. The van der Waals surface area contributed by atoms with Gasteiger partial charge < -0.3 is 10.2 Å². The monoisotopic (exact) mass is 286 g/mol. The van der Waals surface area contributed by atoms with Crippen molar-refractivity contribution in [3.05, 3.63) is 59.9 Å². The molecular formula is C16H15FN2S. The molecular weight excluding hydrogens is 271 g/mol. The molecule has 2 aromatic rings. The Hall–Kier alpha value is -1.94. The van der Waals surface area contributed by atoms with E-state index in [-0.39, 0.29) is 5.82 Å². The van der Waals surface area contributed by atoms with Crippen LogP contribution in [-0.2, 0) is 6.42 Å². The van der Waals surface area contributed by atoms with E-state index in [1.165, 1.54) is 17.7 Å². The number of nitrogens with one attached hydrogen (secondary N) is 1. The second-order valence-corrected chi connectivity index (χ2v) is 5.38. The first-order chi connectivity index (χ1) is 9.65. The lowest BCUT2D eigenvalue weighted by Crippen LogP contribution is -2.38. The molecule has 0 saturated carbocycles. The van der Waals surface area contributed by atoms with Gasteiger partial charge in [-0.05, 0) is 61.5 Å². The van der Waals surface area contributed by atoms with E-state index >= 15 is 0 Å². The SMILES string of the molecule is C[C@@H]1Cc2ccccc2N1C(=S)Nc1ccc(F)cc1. The van der Waals surface area contributed by atoms with Crippen LogP contribution >= 0.6 is 12.2 Å². The second kappa shape index (κ2) is 5.21. The molecule has 1 atom stereocenters. The summed E-state index contributed by atoms with van der Waals surface area (Å²) in [5, 5.41) is 3.82. The molecule has 3 rings (SSSR count). The van der Waals surface area contributed by atoms with Crippen LogP contribution in [0.5, 0.6) is 0 Å². The van der Waals surface area contributed by atoms with Crippen LogP contribution in [0, 0.1) is 5.82 Å². The number of para-hydroxylation sites is 1. The van der Waals surface area contributed by atoms with Crippen molar-refractivity contribution >= 4 is 28.7 Å². The average molecular weight is 286 g/mol. The first kappa shape index (κ1) is 13.1.